The van der Waals surface area contributed by atoms with Crippen LogP contribution in [0, 0.1) is 0 Å². The summed E-state index contributed by atoms with van der Waals surface area (Å²) in [4.78, 5) is 10.6. The Hall–Kier alpha value is -0.180. The highest BCUT2D eigenvalue weighted by molar-refractivity contribution is 7.81. The topological polar surface area (TPSA) is 37.3 Å². The Morgan fingerprint density at radius 2 is 1.21 bits per heavy atom. The summed E-state index contributed by atoms with van der Waals surface area (Å²) in [6, 6.07) is 0. The molecule has 0 bridgehead atoms. The van der Waals surface area contributed by atoms with Gasteiger partial charge in [-0.05, 0) is 6.42 Å². The number of carboxylic acids is 1. The van der Waals surface area contributed by atoms with Gasteiger partial charge in [-0.3, -0.25) is 4.79 Å². The second kappa shape index (κ2) is 14.2. The first-order valence-corrected chi connectivity index (χ1v) is 8.61. The van der Waals surface area contributed by atoms with Crippen LogP contribution in [0.15, 0.2) is 0 Å². The summed E-state index contributed by atoms with van der Waals surface area (Å²) < 4.78 is 0. The normalized spacial score (nSPS) is 12.5. The van der Waals surface area contributed by atoms with Crippen LogP contribution in [0.5, 0.6) is 0 Å². The molecule has 0 aromatic rings. The van der Waals surface area contributed by atoms with Crippen LogP contribution in [-0.4, -0.2) is 16.3 Å². The van der Waals surface area contributed by atoms with Gasteiger partial charge in [-0.1, -0.05) is 84.0 Å². The number of hydrogen-bond donors (Lipinski definition) is 2. The quantitative estimate of drug-likeness (QED) is 0.329. The van der Waals surface area contributed by atoms with Crippen molar-refractivity contribution in [2.75, 3.05) is 0 Å². The van der Waals surface area contributed by atoms with Crippen molar-refractivity contribution < 1.29 is 9.90 Å². The summed E-state index contributed by atoms with van der Waals surface area (Å²) in [6.07, 6.45) is 16.5. The van der Waals surface area contributed by atoms with Gasteiger partial charge >= 0.3 is 5.97 Å². The first-order valence-electron chi connectivity index (χ1n) is 8.09. The second-order valence-corrected chi connectivity index (χ2v) is 6.16. The van der Waals surface area contributed by atoms with Gasteiger partial charge in [0.2, 0.25) is 0 Å². The molecule has 0 aliphatic carbocycles. The highest BCUT2D eigenvalue weighted by Gasteiger charge is 2.10. The van der Waals surface area contributed by atoms with E-state index in [1.165, 1.54) is 64.2 Å². The number of hydrogen-bond acceptors (Lipinski definition) is 2. The molecule has 1 N–H and O–H groups in total. The highest BCUT2D eigenvalue weighted by Crippen LogP contribution is 2.14. The number of carbonyl (C=O) groups is 1. The Morgan fingerprint density at radius 3 is 1.58 bits per heavy atom. The van der Waals surface area contributed by atoms with Crippen molar-refractivity contribution in [3.63, 3.8) is 0 Å². The predicted octanol–water partition coefficient (Wildman–Crippen LogP) is 5.46. The predicted molar refractivity (Wildman–Crippen MR) is 86.1 cm³/mol. The van der Waals surface area contributed by atoms with Crippen LogP contribution in [0.4, 0.5) is 0 Å². The lowest BCUT2D eigenvalue weighted by Gasteiger charge is -2.05. The van der Waals surface area contributed by atoms with Crippen molar-refractivity contribution in [3.8, 4) is 0 Å². The number of aliphatic carboxylic acids is 1. The fourth-order valence-corrected chi connectivity index (χ4v) is 2.48. The molecule has 0 rings (SSSR count). The maximum Gasteiger partial charge on any atom is 0.316 e. The van der Waals surface area contributed by atoms with Gasteiger partial charge in [-0.25, -0.2) is 0 Å². The number of thiol groups is 1. The van der Waals surface area contributed by atoms with Gasteiger partial charge in [0.05, 0.1) is 5.25 Å². The van der Waals surface area contributed by atoms with Gasteiger partial charge in [0.1, 0.15) is 0 Å². The summed E-state index contributed by atoms with van der Waals surface area (Å²) in [5, 5.41) is 8.21. The van der Waals surface area contributed by atoms with E-state index in [1.54, 1.807) is 0 Å². The third-order valence-electron chi connectivity index (χ3n) is 3.62. The Labute approximate surface area is 124 Å². The summed E-state index contributed by atoms with van der Waals surface area (Å²) in [5.41, 5.74) is 0. The highest BCUT2D eigenvalue weighted by atomic mass is 32.1. The van der Waals surface area contributed by atoms with E-state index in [9.17, 15) is 4.79 Å². The molecule has 0 aromatic heterocycles. The molecule has 0 heterocycles. The summed E-state index contributed by atoms with van der Waals surface area (Å²) >= 11 is 4.03. The second-order valence-electron chi connectivity index (χ2n) is 5.53. The molecule has 0 aliphatic rings. The Bertz CT molecular complexity index is 207. The van der Waals surface area contributed by atoms with E-state index in [1.807, 2.05) is 0 Å². The molecule has 0 aromatic carbocycles. The molecule has 0 amide bonds. The van der Waals surface area contributed by atoms with E-state index in [4.69, 9.17) is 5.11 Å². The molecule has 3 heteroatoms. The monoisotopic (exact) mass is 288 g/mol. The molecule has 1 atom stereocenters. The first-order chi connectivity index (χ1) is 9.18. The van der Waals surface area contributed by atoms with E-state index in [0.717, 1.165) is 12.8 Å². The van der Waals surface area contributed by atoms with Crippen LogP contribution < -0.4 is 0 Å². The lowest BCUT2D eigenvalue weighted by atomic mass is 10.0. The number of unbranched alkanes of at least 4 members (excludes halogenated alkanes) is 11. The third kappa shape index (κ3) is 14.0. The van der Waals surface area contributed by atoms with E-state index in [2.05, 4.69) is 19.6 Å². The Morgan fingerprint density at radius 1 is 0.842 bits per heavy atom. The van der Waals surface area contributed by atoms with Crippen LogP contribution in [0.1, 0.15) is 90.4 Å². The van der Waals surface area contributed by atoms with Crippen molar-refractivity contribution in [2.24, 2.45) is 0 Å². The van der Waals surface area contributed by atoms with Crippen molar-refractivity contribution >= 4 is 18.6 Å². The van der Waals surface area contributed by atoms with E-state index in [-0.39, 0.29) is 0 Å². The lowest BCUT2D eigenvalue weighted by Crippen LogP contribution is -2.12. The van der Waals surface area contributed by atoms with Gasteiger partial charge < -0.3 is 5.11 Å². The Kier molecular flexibility index (Phi) is 14.1. The molecule has 0 radical (unpaired) electrons. The maximum absolute atomic E-state index is 10.6. The van der Waals surface area contributed by atoms with Crippen LogP contribution in [-0.2, 0) is 4.79 Å². The van der Waals surface area contributed by atoms with Crippen LogP contribution in [0.2, 0.25) is 0 Å². The van der Waals surface area contributed by atoms with E-state index >= 15 is 0 Å². The van der Waals surface area contributed by atoms with Gasteiger partial charge in [0.25, 0.3) is 0 Å². The van der Waals surface area contributed by atoms with E-state index in [0.29, 0.717) is 6.42 Å². The molecule has 114 valence electrons. The van der Waals surface area contributed by atoms with Crippen LogP contribution >= 0.6 is 12.6 Å². The molecular formula is C16H32O2S. The van der Waals surface area contributed by atoms with Crippen molar-refractivity contribution in [3.05, 3.63) is 0 Å². The SMILES string of the molecule is CCCCCCCCCCCCCC[C@@H](S)C(=O)O. The van der Waals surface area contributed by atoms with Crippen molar-refractivity contribution in [1.82, 2.24) is 0 Å². The Balaban J connectivity index is 3.05. The number of rotatable bonds is 14. The molecule has 0 unspecified atom stereocenters. The third-order valence-corrected chi connectivity index (χ3v) is 4.10. The molecule has 0 saturated carbocycles. The zero-order valence-corrected chi connectivity index (χ0v) is 13.5. The fourth-order valence-electron chi connectivity index (χ4n) is 2.30. The molecular weight excluding hydrogens is 256 g/mol. The van der Waals surface area contributed by atoms with Crippen molar-refractivity contribution in [1.29, 1.82) is 0 Å². The minimum atomic E-state index is -0.786. The van der Waals surface area contributed by atoms with Gasteiger partial charge in [0.15, 0.2) is 0 Å². The molecule has 0 saturated heterocycles. The molecule has 0 aliphatic heterocycles. The zero-order chi connectivity index (χ0) is 14.3. The average molecular weight is 288 g/mol. The lowest BCUT2D eigenvalue weighted by molar-refractivity contribution is -0.136. The first kappa shape index (κ1) is 18.8. The van der Waals surface area contributed by atoms with Gasteiger partial charge in [-0.2, -0.15) is 12.6 Å². The fraction of sp³-hybridized carbons (Fsp3) is 0.938. The molecule has 19 heavy (non-hydrogen) atoms. The number of carboxylic acid groups (broad SMARTS) is 1. The zero-order valence-electron chi connectivity index (χ0n) is 12.6. The summed E-state index contributed by atoms with van der Waals surface area (Å²) in [6.45, 7) is 2.26. The molecule has 2 nitrogen and oxygen atoms in total. The van der Waals surface area contributed by atoms with Gasteiger partial charge in [-0.15, -0.1) is 0 Å². The van der Waals surface area contributed by atoms with E-state index < -0.39 is 11.2 Å². The summed E-state index contributed by atoms with van der Waals surface area (Å²) in [5.74, 6) is -0.786. The van der Waals surface area contributed by atoms with Crippen molar-refractivity contribution in [2.45, 2.75) is 95.6 Å². The minimum Gasteiger partial charge on any atom is -0.480 e. The van der Waals surface area contributed by atoms with Gasteiger partial charge in [0, 0.05) is 0 Å². The average Bonchev–Trinajstić information content (AvgIpc) is 2.39. The molecule has 0 spiro atoms. The molecule has 0 fully saturated rings. The summed E-state index contributed by atoms with van der Waals surface area (Å²) in [7, 11) is 0. The standard InChI is InChI=1S/C16H32O2S/c1-2-3-4-5-6-7-8-9-10-11-12-13-14-15(19)16(17)18/h15,19H,2-14H2,1H3,(H,17,18)/t15-/m1/s1. The largest absolute Gasteiger partial charge is 0.480 e. The van der Waals surface area contributed by atoms with Crippen LogP contribution in [0.3, 0.4) is 0 Å². The maximum atomic E-state index is 10.6. The smallest absolute Gasteiger partial charge is 0.316 e. The van der Waals surface area contributed by atoms with Crippen LogP contribution in [0.25, 0.3) is 0 Å². The minimum absolute atomic E-state index is 0.469.